The Hall–Kier alpha value is -1.33. The maximum absolute atomic E-state index is 11.0. The van der Waals surface area contributed by atoms with Crippen LogP contribution >= 0.6 is 15.9 Å². The molecule has 19 heavy (non-hydrogen) atoms. The number of benzene rings is 1. The molecule has 0 aliphatic rings. The lowest BCUT2D eigenvalue weighted by molar-refractivity contribution is 0.0615. The zero-order valence-electron chi connectivity index (χ0n) is 10.8. The Labute approximate surface area is 121 Å². The molecule has 0 heterocycles. The SMILES string of the molecule is C=CCOCC(CC)Oc1cc(Br)cc(C(=O)O)c1. The second-order valence-electron chi connectivity index (χ2n) is 3.96. The summed E-state index contributed by atoms with van der Waals surface area (Å²) in [4.78, 5) is 11.0. The van der Waals surface area contributed by atoms with E-state index in [1.807, 2.05) is 6.92 Å². The average molecular weight is 329 g/mol. The lowest BCUT2D eigenvalue weighted by atomic mass is 10.2. The number of halogens is 1. The molecule has 1 aromatic carbocycles. The van der Waals surface area contributed by atoms with E-state index in [2.05, 4.69) is 22.5 Å². The number of ether oxygens (including phenoxy) is 2. The minimum atomic E-state index is -0.984. The van der Waals surface area contributed by atoms with Crippen LogP contribution < -0.4 is 4.74 Å². The minimum absolute atomic E-state index is 0.115. The van der Waals surface area contributed by atoms with Gasteiger partial charge in [0.2, 0.25) is 0 Å². The average Bonchev–Trinajstić information content (AvgIpc) is 2.37. The zero-order chi connectivity index (χ0) is 14.3. The molecular weight excluding hydrogens is 312 g/mol. The largest absolute Gasteiger partial charge is 0.488 e. The Morgan fingerprint density at radius 2 is 2.26 bits per heavy atom. The van der Waals surface area contributed by atoms with Gasteiger partial charge in [-0.3, -0.25) is 0 Å². The van der Waals surface area contributed by atoms with Gasteiger partial charge < -0.3 is 14.6 Å². The highest BCUT2D eigenvalue weighted by molar-refractivity contribution is 9.10. The van der Waals surface area contributed by atoms with Crippen molar-refractivity contribution >= 4 is 21.9 Å². The molecule has 0 saturated carbocycles. The fraction of sp³-hybridized carbons (Fsp3) is 0.357. The molecule has 0 amide bonds. The van der Waals surface area contributed by atoms with Crippen molar-refractivity contribution in [1.29, 1.82) is 0 Å². The topological polar surface area (TPSA) is 55.8 Å². The first-order valence-electron chi connectivity index (χ1n) is 5.96. The van der Waals surface area contributed by atoms with E-state index in [-0.39, 0.29) is 11.7 Å². The van der Waals surface area contributed by atoms with E-state index >= 15 is 0 Å². The molecule has 1 aromatic rings. The Morgan fingerprint density at radius 1 is 1.53 bits per heavy atom. The van der Waals surface area contributed by atoms with Crippen molar-refractivity contribution in [3.05, 3.63) is 40.9 Å². The maximum Gasteiger partial charge on any atom is 0.335 e. The third kappa shape index (κ3) is 5.44. The monoisotopic (exact) mass is 328 g/mol. The predicted molar refractivity (Wildman–Crippen MR) is 76.8 cm³/mol. The molecule has 0 bridgehead atoms. The van der Waals surface area contributed by atoms with Crippen molar-refractivity contribution in [2.24, 2.45) is 0 Å². The third-order valence-electron chi connectivity index (χ3n) is 2.42. The number of rotatable bonds is 8. The van der Waals surface area contributed by atoms with Crippen LogP contribution in [0.4, 0.5) is 0 Å². The van der Waals surface area contributed by atoms with E-state index in [9.17, 15) is 4.79 Å². The number of hydrogen-bond donors (Lipinski definition) is 1. The summed E-state index contributed by atoms with van der Waals surface area (Å²) in [5, 5.41) is 8.99. The van der Waals surface area contributed by atoms with Crippen LogP contribution in [-0.2, 0) is 4.74 Å². The van der Waals surface area contributed by atoms with E-state index < -0.39 is 5.97 Å². The van der Waals surface area contributed by atoms with Crippen LogP contribution in [0.1, 0.15) is 23.7 Å². The Bertz CT molecular complexity index is 445. The van der Waals surface area contributed by atoms with Gasteiger partial charge in [0.25, 0.3) is 0 Å². The van der Waals surface area contributed by atoms with E-state index in [1.165, 1.54) is 12.1 Å². The van der Waals surface area contributed by atoms with Gasteiger partial charge in [-0.05, 0) is 24.6 Å². The van der Waals surface area contributed by atoms with Crippen molar-refractivity contribution in [2.75, 3.05) is 13.2 Å². The number of carboxylic acids is 1. The molecule has 0 fully saturated rings. The second kappa shape index (κ2) is 7.96. The highest BCUT2D eigenvalue weighted by Gasteiger charge is 2.11. The smallest absolute Gasteiger partial charge is 0.335 e. The summed E-state index contributed by atoms with van der Waals surface area (Å²) in [6, 6.07) is 4.77. The molecule has 0 aromatic heterocycles. The van der Waals surface area contributed by atoms with Gasteiger partial charge in [-0.25, -0.2) is 4.79 Å². The number of carbonyl (C=O) groups is 1. The maximum atomic E-state index is 11.0. The fourth-order valence-electron chi connectivity index (χ4n) is 1.46. The molecule has 5 heteroatoms. The van der Waals surface area contributed by atoms with Crippen LogP contribution in [0.15, 0.2) is 35.3 Å². The lowest BCUT2D eigenvalue weighted by Crippen LogP contribution is -2.22. The summed E-state index contributed by atoms with van der Waals surface area (Å²) in [6.07, 6.45) is 2.33. The number of carboxylic acid groups (broad SMARTS) is 1. The van der Waals surface area contributed by atoms with Crippen LogP contribution in [-0.4, -0.2) is 30.4 Å². The number of aromatic carboxylic acids is 1. The second-order valence-corrected chi connectivity index (χ2v) is 4.87. The van der Waals surface area contributed by atoms with Gasteiger partial charge in [0.1, 0.15) is 11.9 Å². The highest BCUT2D eigenvalue weighted by atomic mass is 79.9. The van der Waals surface area contributed by atoms with Crippen molar-refractivity contribution in [2.45, 2.75) is 19.4 Å². The molecule has 1 atom stereocenters. The van der Waals surface area contributed by atoms with Crippen molar-refractivity contribution < 1.29 is 19.4 Å². The first-order valence-corrected chi connectivity index (χ1v) is 6.75. The van der Waals surface area contributed by atoms with E-state index in [4.69, 9.17) is 14.6 Å². The molecule has 0 spiro atoms. The van der Waals surface area contributed by atoms with Crippen LogP contribution in [0.2, 0.25) is 0 Å². The minimum Gasteiger partial charge on any atom is -0.488 e. The fourth-order valence-corrected chi connectivity index (χ4v) is 1.94. The van der Waals surface area contributed by atoms with Gasteiger partial charge in [-0.1, -0.05) is 28.9 Å². The van der Waals surface area contributed by atoms with Crippen LogP contribution in [0.25, 0.3) is 0 Å². The summed E-state index contributed by atoms with van der Waals surface area (Å²) in [7, 11) is 0. The van der Waals surface area contributed by atoms with Crippen LogP contribution in [0, 0.1) is 0 Å². The first kappa shape index (κ1) is 15.7. The highest BCUT2D eigenvalue weighted by Crippen LogP contribution is 2.23. The summed E-state index contributed by atoms with van der Waals surface area (Å²) < 4.78 is 11.7. The molecule has 0 aliphatic heterocycles. The van der Waals surface area contributed by atoms with Gasteiger partial charge in [0, 0.05) is 4.47 Å². The van der Waals surface area contributed by atoms with E-state index in [0.717, 1.165) is 6.42 Å². The Kier molecular flexibility index (Phi) is 6.59. The zero-order valence-corrected chi connectivity index (χ0v) is 12.4. The molecule has 1 rings (SSSR count). The van der Waals surface area contributed by atoms with Crippen molar-refractivity contribution in [1.82, 2.24) is 0 Å². The lowest BCUT2D eigenvalue weighted by Gasteiger charge is -2.18. The number of hydrogen-bond acceptors (Lipinski definition) is 3. The molecule has 0 aliphatic carbocycles. The van der Waals surface area contributed by atoms with E-state index in [0.29, 0.717) is 23.4 Å². The summed E-state index contributed by atoms with van der Waals surface area (Å²) in [6.45, 7) is 6.47. The molecular formula is C14H17BrO4. The standard InChI is InChI=1S/C14H17BrO4/c1-3-5-18-9-12(4-2)19-13-7-10(14(16)17)6-11(15)8-13/h3,6-8,12H,1,4-5,9H2,2H3,(H,16,17). The predicted octanol–water partition coefficient (Wildman–Crippen LogP) is 3.51. The van der Waals surface area contributed by atoms with Crippen molar-refractivity contribution in [3.8, 4) is 5.75 Å². The van der Waals surface area contributed by atoms with Gasteiger partial charge in [-0.15, -0.1) is 6.58 Å². The normalized spacial score (nSPS) is 11.9. The summed E-state index contributed by atoms with van der Waals surface area (Å²) >= 11 is 3.27. The molecule has 104 valence electrons. The molecule has 4 nitrogen and oxygen atoms in total. The Balaban J connectivity index is 2.73. The quantitative estimate of drug-likeness (QED) is 0.586. The molecule has 1 N–H and O–H groups in total. The van der Waals surface area contributed by atoms with Gasteiger partial charge in [-0.2, -0.15) is 0 Å². The third-order valence-corrected chi connectivity index (χ3v) is 2.87. The first-order chi connectivity index (χ1) is 9.06. The molecule has 1 unspecified atom stereocenters. The molecule has 0 radical (unpaired) electrons. The summed E-state index contributed by atoms with van der Waals surface area (Å²) in [5.74, 6) is -0.470. The Morgan fingerprint density at radius 3 is 2.84 bits per heavy atom. The van der Waals surface area contributed by atoms with Gasteiger partial charge >= 0.3 is 5.97 Å². The van der Waals surface area contributed by atoms with Gasteiger partial charge in [0.05, 0.1) is 18.8 Å². The summed E-state index contributed by atoms with van der Waals surface area (Å²) in [5.41, 5.74) is 0.186. The van der Waals surface area contributed by atoms with Crippen LogP contribution in [0.5, 0.6) is 5.75 Å². The van der Waals surface area contributed by atoms with Gasteiger partial charge in [0.15, 0.2) is 0 Å². The molecule has 0 saturated heterocycles. The van der Waals surface area contributed by atoms with Crippen molar-refractivity contribution in [3.63, 3.8) is 0 Å². The van der Waals surface area contributed by atoms with Crippen LogP contribution in [0.3, 0.4) is 0 Å². The van der Waals surface area contributed by atoms with E-state index in [1.54, 1.807) is 12.1 Å².